The molecule has 2 amide bonds. The van der Waals surface area contributed by atoms with Crippen LogP contribution in [0.2, 0.25) is 10.0 Å². The Kier molecular flexibility index (Phi) is 12.0. The molecule has 3 aromatic carbocycles. The second-order valence-electron chi connectivity index (χ2n) is 18.2. The number of amides is 2. The number of aryl methyl sites for hydroxylation is 4. The van der Waals surface area contributed by atoms with Crippen molar-refractivity contribution < 1.29 is 28.1 Å². The van der Waals surface area contributed by atoms with Gasteiger partial charge in [-0.15, -0.1) is 0 Å². The number of nitrogens with zero attached hydrogens (tertiary/aromatic N) is 7. The fourth-order valence-corrected chi connectivity index (χ4v) is 11.3. The summed E-state index contributed by atoms with van der Waals surface area (Å²) in [5.41, 5.74) is 10.6. The number of anilines is 1. The number of benzene rings is 3. The Hall–Kier alpha value is -5.54. The molecule has 0 radical (unpaired) electrons. The van der Waals surface area contributed by atoms with Gasteiger partial charge in [-0.2, -0.15) is 0 Å². The van der Waals surface area contributed by atoms with E-state index in [4.69, 9.17) is 51.7 Å². The maximum atomic E-state index is 13.2. The van der Waals surface area contributed by atoms with Crippen molar-refractivity contribution in [2.75, 3.05) is 19.1 Å². The number of methoxy groups -OCH3 is 2. The summed E-state index contributed by atoms with van der Waals surface area (Å²) in [4.78, 5) is 37.1. The summed E-state index contributed by atoms with van der Waals surface area (Å²) in [6.45, 7) is 7.76. The number of aromatic nitrogens is 6. The van der Waals surface area contributed by atoms with Crippen LogP contribution in [0.4, 0.5) is 5.69 Å². The van der Waals surface area contributed by atoms with Crippen molar-refractivity contribution in [2.24, 2.45) is 0 Å². The molecular weight excluding hydrogens is 880 g/mol. The van der Waals surface area contributed by atoms with Gasteiger partial charge in [-0.3, -0.25) is 9.59 Å². The van der Waals surface area contributed by atoms with Gasteiger partial charge in [0.05, 0.1) is 67.8 Å². The highest BCUT2D eigenvalue weighted by Gasteiger charge is 2.40. The molecule has 66 heavy (non-hydrogen) atoms. The molecule has 1 N–H and O–H groups in total. The van der Waals surface area contributed by atoms with E-state index in [-0.39, 0.29) is 42.1 Å². The largest absolute Gasteiger partial charge is 0.381 e. The maximum Gasteiger partial charge on any atom is 0.227 e. The summed E-state index contributed by atoms with van der Waals surface area (Å²) < 4.78 is 26.8. The third kappa shape index (κ3) is 7.99. The number of halogens is 2. The van der Waals surface area contributed by atoms with Crippen molar-refractivity contribution in [3.63, 3.8) is 0 Å². The summed E-state index contributed by atoms with van der Waals surface area (Å²) >= 11 is 12.5. The number of hydrogen-bond acceptors (Lipinski definition) is 10. The van der Waals surface area contributed by atoms with Gasteiger partial charge in [0.25, 0.3) is 0 Å². The first kappa shape index (κ1) is 44.3. The Morgan fingerprint density at radius 2 is 1.21 bits per heavy atom. The highest BCUT2D eigenvalue weighted by molar-refractivity contribution is 6.42. The van der Waals surface area contributed by atoms with Crippen LogP contribution in [-0.4, -0.2) is 67.7 Å². The zero-order valence-electron chi connectivity index (χ0n) is 38.1. The zero-order valence-corrected chi connectivity index (χ0v) is 39.6. The van der Waals surface area contributed by atoms with Crippen LogP contribution < -0.4 is 10.2 Å². The van der Waals surface area contributed by atoms with Crippen LogP contribution in [0.15, 0.2) is 63.6 Å². The van der Waals surface area contributed by atoms with Gasteiger partial charge < -0.3 is 37.9 Å². The lowest BCUT2D eigenvalue weighted by atomic mass is 10.0. The van der Waals surface area contributed by atoms with Gasteiger partial charge in [0.15, 0.2) is 0 Å². The van der Waals surface area contributed by atoms with E-state index in [1.807, 2.05) is 38.7 Å². The van der Waals surface area contributed by atoms with E-state index in [2.05, 4.69) is 61.2 Å². The van der Waals surface area contributed by atoms with Crippen molar-refractivity contribution in [3.8, 4) is 22.3 Å². The molecule has 7 aromatic rings. The summed E-state index contributed by atoms with van der Waals surface area (Å²) in [5, 5.41) is 12.2. The molecular formula is C50H54Cl2N8O6. The Morgan fingerprint density at radius 3 is 1.70 bits per heavy atom. The molecule has 0 spiro atoms. The third-order valence-corrected chi connectivity index (χ3v) is 14.9. The van der Waals surface area contributed by atoms with Crippen LogP contribution in [0.1, 0.15) is 123 Å². The lowest BCUT2D eigenvalue weighted by Gasteiger charge is -2.27. The fourth-order valence-electron chi connectivity index (χ4n) is 11.0. The molecule has 11 rings (SSSR count). The molecule has 6 atom stereocenters. The minimum absolute atomic E-state index is 0.0287. The predicted molar refractivity (Wildman–Crippen MR) is 253 cm³/mol. The Morgan fingerprint density at radius 1 is 0.652 bits per heavy atom. The second kappa shape index (κ2) is 17.9. The maximum absolute atomic E-state index is 13.2. The molecule has 344 valence electrons. The van der Waals surface area contributed by atoms with Crippen molar-refractivity contribution in [1.82, 2.24) is 34.7 Å². The van der Waals surface area contributed by atoms with Crippen molar-refractivity contribution in [2.45, 2.75) is 128 Å². The van der Waals surface area contributed by atoms with E-state index in [0.29, 0.717) is 35.3 Å². The summed E-state index contributed by atoms with van der Waals surface area (Å²) in [6.07, 6.45) is 8.96. The first-order valence-electron chi connectivity index (χ1n) is 22.9. The molecule has 4 aliphatic rings. The van der Waals surface area contributed by atoms with Crippen molar-refractivity contribution >= 4 is 62.8 Å². The number of fused-ring (bicyclic) bond motifs is 2. The molecule has 14 nitrogen and oxygen atoms in total. The van der Waals surface area contributed by atoms with Gasteiger partial charge >= 0.3 is 0 Å². The summed E-state index contributed by atoms with van der Waals surface area (Å²) in [5.74, 6) is 3.60. The number of imidazole rings is 2. The van der Waals surface area contributed by atoms with Crippen LogP contribution in [0.3, 0.4) is 0 Å². The number of rotatable bonds is 9. The molecule has 2 aliphatic carbocycles. The van der Waals surface area contributed by atoms with E-state index in [0.717, 1.165) is 130 Å². The van der Waals surface area contributed by atoms with Crippen LogP contribution in [0.25, 0.3) is 44.3 Å². The Balaban J connectivity index is 0.000000160. The zero-order chi connectivity index (χ0) is 46.0. The van der Waals surface area contributed by atoms with Gasteiger partial charge in [-0.25, -0.2) is 9.97 Å². The number of carbonyl (C=O) groups excluding carboxylic acids is 2. The quantitative estimate of drug-likeness (QED) is 0.148. The molecule has 2 saturated carbocycles. The molecule has 0 unspecified atom stereocenters. The number of nitrogens with one attached hydrogen (secondary N) is 1. The third-order valence-electron chi connectivity index (χ3n) is 14.2. The monoisotopic (exact) mass is 932 g/mol. The Labute approximate surface area is 392 Å². The highest BCUT2D eigenvalue weighted by atomic mass is 35.5. The van der Waals surface area contributed by atoms with Gasteiger partial charge in [0.1, 0.15) is 23.2 Å². The average Bonchev–Trinajstić information content (AvgIpc) is 4.18. The van der Waals surface area contributed by atoms with E-state index in [1.54, 1.807) is 26.4 Å². The lowest BCUT2D eigenvalue weighted by Crippen LogP contribution is -2.29. The predicted octanol–water partition coefficient (Wildman–Crippen LogP) is 11.2. The molecule has 6 heterocycles. The normalized spacial score (nSPS) is 23.1. The van der Waals surface area contributed by atoms with E-state index in [9.17, 15) is 9.59 Å². The number of carbonyl (C=O) groups is 2. The fraction of sp³-hybridized carbons (Fsp3) is 0.440. The smallest absolute Gasteiger partial charge is 0.227 e. The minimum atomic E-state index is -0.207. The summed E-state index contributed by atoms with van der Waals surface area (Å²) in [7, 11) is 3.56. The van der Waals surface area contributed by atoms with E-state index in [1.165, 1.54) is 0 Å². The first-order valence-corrected chi connectivity index (χ1v) is 23.7. The number of hydrogen-bond donors (Lipinski definition) is 1. The van der Waals surface area contributed by atoms with Crippen LogP contribution in [-0.2, 0) is 19.1 Å². The highest BCUT2D eigenvalue weighted by Crippen LogP contribution is 2.45. The van der Waals surface area contributed by atoms with Gasteiger partial charge in [-0.1, -0.05) is 45.6 Å². The van der Waals surface area contributed by atoms with Crippen LogP contribution in [0, 0.1) is 27.7 Å². The van der Waals surface area contributed by atoms with Crippen molar-refractivity contribution in [3.05, 3.63) is 99.2 Å². The molecule has 0 bridgehead atoms. The minimum Gasteiger partial charge on any atom is -0.381 e. The SMILES string of the molecule is CO[C@@H]1CC[C@@H](n2c([C@@H]3CCC(=O)N3)nc3cc(-c4c(C)noc4C)ccc32)C1.CO[C@@H]1CC[C@@H](n2c([C@@H]3CCC(=O)N3c3ccc(Cl)c(Cl)c3)nc3cc(-c4c(C)noc4C)ccc32)C1. The van der Waals surface area contributed by atoms with Crippen LogP contribution in [0.5, 0.6) is 0 Å². The number of ether oxygens (including phenoxy) is 2. The molecule has 2 aliphatic heterocycles. The standard InChI is InChI=1S/C28H28Cl2N4O3.C22H26N4O3/c1-15-27(16(2)37-32-15)17-4-9-24-23(12-17)31-28(34(24)18-5-7-20(13-18)36-3)25-10-11-26(35)33(25)19-6-8-21(29)22(30)14-19;1-12-21(13(2)29-25-12)14-4-8-19-18(10-14)24-22(17-7-9-20(27)23-17)26(19)15-5-6-16(11-15)28-3/h4,6,8-9,12,14,18,20,25H,5,7,10-11,13H2,1-3H3;4,8,10,15-17H,5-7,9,11H2,1-3H3,(H,23,27)/t18-,20-,25+;15-,16-,17+/m11/s1. The summed E-state index contributed by atoms with van der Waals surface area (Å²) in [6, 6.07) is 18.4. The molecule has 4 aromatic heterocycles. The van der Waals surface area contributed by atoms with E-state index < -0.39 is 0 Å². The molecule has 4 fully saturated rings. The van der Waals surface area contributed by atoms with Crippen molar-refractivity contribution in [1.29, 1.82) is 0 Å². The topological polar surface area (TPSA) is 156 Å². The lowest BCUT2D eigenvalue weighted by molar-refractivity contribution is -0.119. The van der Waals surface area contributed by atoms with Gasteiger partial charge in [-0.05, 0) is 133 Å². The molecule has 2 saturated heterocycles. The molecule has 16 heteroatoms. The second-order valence-corrected chi connectivity index (χ2v) is 19.0. The Bertz CT molecular complexity index is 2950. The first-order chi connectivity index (χ1) is 31.9. The average molecular weight is 934 g/mol. The van der Waals surface area contributed by atoms with Gasteiger partial charge in [0, 0.05) is 56.0 Å². The van der Waals surface area contributed by atoms with Gasteiger partial charge in [0.2, 0.25) is 11.8 Å². The van der Waals surface area contributed by atoms with E-state index >= 15 is 0 Å². The van der Waals surface area contributed by atoms with Crippen LogP contribution >= 0.6 is 23.2 Å².